The van der Waals surface area contributed by atoms with Gasteiger partial charge in [0.25, 0.3) is 0 Å². The van der Waals surface area contributed by atoms with Gasteiger partial charge in [-0.25, -0.2) is 0 Å². The number of aliphatic hydroxyl groups is 4. The molecule has 1 fully saturated rings. The van der Waals surface area contributed by atoms with Crippen LogP contribution in [-0.2, 0) is 47.7 Å². The fourth-order valence-corrected chi connectivity index (χ4v) is 12.8. The second-order valence-electron chi connectivity index (χ2n) is 24.8. The summed E-state index contributed by atoms with van der Waals surface area (Å²) in [6.45, 7) is 23.4. The van der Waals surface area contributed by atoms with Crippen molar-refractivity contribution in [2.45, 2.75) is 271 Å². The number of ether oxygens (including phenoxy) is 5. The lowest BCUT2D eigenvalue weighted by Crippen LogP contribution is -2.47. The van der Waals surface area contributed by atoms with E-state index in [9.17, 15) is 44.4 Å². The Hall–Kier alpha value is -2.27. The van der Waals surface area contributed by atoms with Gasteiger partial charge in [0, 0.05) is 109 Å². The average Bonchev–Trinajstić information content (AvgIpc) is 3.53. The van der Waals surface area contributed by atoms with Crippen LogP contribution in [0.2, 0.25) is 0 Å². The molecule has 0 amide bonds. The highest BCUT2D eigenvalue weighted by atomic mass is 33.1. The Morgan fingerprint density at radius 1 is 0.375 bits per heavy atom. The minimum Gasteiger partial charge on any atom is -0.466 e. The maximum absolute atomic E-state index is 12.9. The van der Waals surface area contributed by atoms with Gasteiger partial charge in [0.15, 0.2) is 0 Å². The van der Waals surface area contributed by atoms with Gasteiger partial charge in [0.2, 0.25) is 0 Å². The van der Waals surface area contributed by atoms with Gasteiger partial charge in [-0.3, -0.25) is 43.6 Å². The molecule has 1 heterocycles. The van der Waals surface area contributed by atoms with Crippen LogP contribution in [0.1, 0.15) is 247 Å². The third kappa shape index (κ3) is 50.3. The van der Waals surface area contributed by atoms with Gasteiger partial charge < -0.3 is 44.1 Å². The quantitative estimate of drug-likeness (QED) is 0.0192. The Labute approximate surface area is 542 Å². The Balaban J connectivity index is 2.46. The number of hydrogen-bond donors (Lipinski definition) is 4. The number of unbranched alkanes of at least 4 members (excludes halogenated alkanes) is 11. The number of esters is 5. The van der Waals surface area contributed by atoms with Crippen LogP contribution in [0, 0.1) is 11.8 Å². The Morgan fingerprint density at radius 3 is 1.11 bits per heavy atom. The van der Waals surface area contributed by atoms with E-state index in [1.54, 1.807) is 0 Å². The molecule has 0 aromatic carbocycles. The van der Waals surface area contributed by atoms with Crippen molar-refractivity contribution in [2.75, 3.05) is 123 Å². The summed E-state index contributed by atoms with van der Waals surface area (Å²) in [7, 11) is 3.83. The first-order valence-corrected chi connectivity index (χ1v) is 37.8. The van der Waals surface area contributed by atoms with E-state index >= 15 is 0 Å². The first-order valence-electron chi connectivity index (χ1n) is 35.3. The molecule has 1 saturated heterocycles. The van der Waals surface area contributed by atoms with E-state index in [0.717, 1.165) is 166 Å². The standard InChI is InChI=1S/C68H130N4O14S2/c1-7-13-47-82-64(77)34-21-17-15-19-30-60(73)52-71(53-61(74)31-20-16-18-22-35-65(78)83-48-14-8-2)39-27-28-50-87-88-51-46-70-43-41-69(42-44-70)45-49-84-66(79)38-29-40-72(54-62(75)32-23-25-36-67(80)85-56-58(9-3)10-4)55-63(76)33-24-26-37-68(81)86-57-59(11-5)12-6/h58-63,73-76H,7-57H2,1-6H3. The molecule has 18 nitrogen and oxygen atoms in total. The molecular weight excluding hydrogens is 1160 g/mol. The zero-order valence-electron chi connectivity index (χ0n) is 56.5. The van der Waals surface area contributed by atoms with Crippen molar-refractivity contribution in [3.05, 3.63) is 0 Å². The number of piperazine rings is 1. The van der Waals surface area contributed by atoms with Crippen molar-refractivity contribution < 1.29 is 68.1 Å². The predicted octanol–water partition coefficient (Wildman–Crippen LogP) is 11.6. The zero-order valence-corrected chi connectivity index (χ0v) is 58.1. The average molecular weight is 1290 g/mol. The maximum atomic E-state index is 12.9. The molecule has 0 spiro atoms. The number of hydrogen-bond acceptors (Lipinski definition) is 20. The zero-order chi connectivity index (χ0) is 64.7. The number of rotatable bonds is 62. The number of aliphatic hydroxyl groups excluding tert-OH is 4. The Kier molecular flexibility index (Phi) is 55.7. The number of nitrogens with zero attached hydrogens (tertiary/aromatic N) is 4. The van der Waals surface area contributed by atoms with Gasteiger partial charge in [-0.2, -0.15) is 0 Å². The van der Waals surface area contributed by atoms with E-state index in [-0.39, 0.29) is 36.3 Å². The van der Waals surface area contributed by atoms with Crippen molar-refractivity contribution in [3.63, 3.8) is 0 Å². The molecule has 1 aliphatic rings. The van der Waals surface area contributed by atoms with Crippen LogP contribution < -0.4 is 0 Å². The van der Waals surface area contributed by atoms with Gasteiger partial charge in [-0.15, -0.1) is 0 Å². The molecule has 0 aliphatic carbocycles. The molecular formula is C68H130N4O14S2. The minimum atomic E-state index is -0.651. The molecule has 88 heavy (non-hydrogen) atoms. The highest BCUT2D eigenvalue weighted by Crippen LogP contribution is 2.23. The molecule has 20 heteroatoms. The summed E-state index contributed by atoms with van der Waals surface area (Å²) < 4.78 is 27.1. The third-order valence-corrected chi connectivity index (χ3v) is 19.3. The van der Waals surface area contributed by atoms with Crippen molar-refractivity contribution in [1.29, 1.82) is 0 Å². The summed E-state index contributed by atoms with van der Waals surface area (Å²) in [6.07, 6.45) is 22.1. The van der Waals surface area contributed by atoms with Crippen molar-refractivity contribution in [1.82, 2.24) is 19.6 Å². The van der Waals surface area contributed by atoms with E-state index in [2.05, 4.69) is 56.2 Å². The van der Waals surface area contributed by atoms with Crippen LogP contribution in [0.5, 0.6) is 0 Å². The van der Waals surface area contributed by atoms with Crippen LogP contribution >= 0.6 is 21.6 Å². The number of carbonyl (C=O) groups excluding carboxylic acids is 5. The third-order valence-electron chi connectivity index (χ3n) is 16.9. The van der Waals surface area contributed by atoms with Crippen LogP contribution in [0.3, 0.4) is 0 Å². The van der Waals surface area contributed by atoms with Gasteiger partial charge in [-0.1, -0.05) is 153 Å². The number of carbonyl (C=O) groups is 5. The summed E-state index contributed by atoms with van der Waals surface area (Å²) in [4.78, 5) is 70.4. The second kappa shape index (κ2) is 58.5. The van der Waals surface area contributed by atoms with E-state index in [0.29, 0.717) is 168 Å². The smallest absolute Gasteiger partial charge is 0.305 e. The largest absolute Gasteiger partial charge is 0.466 e. The molecule has 0 radical (unpaired) electrons. The van der Waals surface area contributed by atoms with E-state index in [1.165, 1.54) is 0 Å². The molecule has 4 N–H and O–H groups in total. The fourth-order valence-electron chi connectivity index (χ4n) is 10.6. The SMILES string of the molecule is CCCCOC(=O)CCCCCCC(O)CN(CCCCSSCCN1CCN(CCOC(=O)CCCN(CC(O)CCCCC(=O)OCC(CC)CC)CC(O)CCCCC(=O)OCC(CC)CC)CC1)CC(O)CCCCCCC(=O)OCCCC. The highest BCUT2D eigenvalue weighted by Gasteiger charge is 2.21. The lowest BCUT2D eigenvalue weighted by atomic mass is 10.1. The highest BCUT2D eigenvalue weighted by molar-refractivity contribution is 8.76. The van der Waals surface area contributed by atoms with Crippen LogP contribution in [0.15, 0.2) is 0 Å². The fraction of sp³-hybridized carbons (Fsp3) is 0.926. The van der Waals surface area contributed by atoms with Crippen LogP contribution in [0.25, 0.3) is 0 Å². The molecule has 0 aromatic heterocycles. The van der Waals surface area contributed by atoms with Gasteiger partial charge >= 0.3 is 29.8 Å². The molecule has 518 valence electrons. The summed E-state index contributed by atoms with van der Waals surface area (Å²) in [6, 6.07) is 0. The Bertz CT molecular complexity index is 1590. The first kappa shape index (κ1) is 83.7. The lowest BCUT2D eigenvalue weighted by molar-refractivity contribution is -0.146. The van der Waals surface area contributed by atoms with Crippen LogP contribution in [0.4, 0.5) is 0 Å². The second-order valence-corrected chi connectivity index (χ2v) is 27.5. The van der Waals surface area contributed by atoms with Crippen LogP contribution in [-0.4, -0.2) is 217 Å². The summed E-state index contributed by atoms with van der Waals surface area (Å²) in [5, 5.41) is 44.2. The summed E-state index contributed by atoms with van der Waals surface area (Å²) >= 11 is 0. The molecule has 0 aromatic rings. The molecule has 1 rings (SSSR count). The Morgan fingerprint density at radius 2 is 0.705 bits per heavy atom. The summed E-state index contributed by atoms with van der Waals surface area (Å²) in [5.41, 5.74) is 0. The lowest BCUT2D eigenvalue weighted by Gasteiger charge is -2.34. The first-order chi connectivity index (χ1) is 42.6. The molecule has 4 unspecified atom stereocenters. The molecule has 0 bridgehead atoms. The normalized spacial score (nSPS) is 14.6. The predicted molar refractivity (Wildman–Crippen MR) is 358 cm³/mol. The molecule has 4 atom stereocenters. The van der Waals surface area contributed by atoms with Crippen molar-refractivity contribution >= 4 is 51.4 Å². The molecule has 0 saturated carbocycles. The van der Waals surface area contributed by atoms with E-state index in [1.807, 2.05) is 26.5 Å². The van der Waals surface area contributed by atoms with Gasteiger partial charge in [0.1, 0.15) is 6.61 Å². The minimum absolute atomic E-state index is 0.119. The van der Waals surface area contributed by atoms with Crippen molar-refractivity contribution in [2.24, 2.45) is 11.8 Å². The van der Waals surface area contributed by atoms with E-state index < -0.39 is 24.4 Å². The monoisotopic (exact) mass is 1290 g/mol. The molecule has 1 aliphatic heterocycles. The van der Waals surface area contributed by atoms with E-state index in [4.69, 9.17) is 23.7 Å². The summed E-state index contributed by atoms with van der Waals surface area (Å²) in [5.74, 6) is 1.96. The van der Waals surface area contributed by atoms with Gasteiger partial charge in [0.05, 0.1) is 50.8 Å². The van der Waals surface area contributed by atoms with Crippen molar-refractivity contribution in [3.8, 4) is 0 Å². The topological polar surface area (TPSA) is 225 Å². The van der Waals surface area contributed by atoms with Gasteiger partial charge in [-0.05, 0) is 108 Å². The maximum Gasteiger partial charge on any atom is 0.305 e.